The number of aryl methyl sites for hydroxylation is 1. The third-order valence-corrected chi connectivity index (χ3v) is 6.51. The highest BCUT2D eigenvalue weighted by Gasteiger charge is 2.23. The fraction of sp³-hybridized carbons (Fsp3) is 0.381. The smallest absolute Gasteiger partial charge is 0.335 e. The van der Waals surface area contributed by atoms with Crippen molar-refractivity contribution in [1.82, 2.24) is 0 Å². The number of sulfonamides is 1. The lowest BCUT2D eigenvalue weighted by Gasteiger charge is -2.34. The van der Waals surface area contributed by atoms with Crippen LogP contribution in [0, 0.1) is 5.92 Å². The Balaban J connectivity index is 1.97. The van der Waals surface area contributed by atoms with Crippen LogP contribution in [0.5, 0.6) is 0 Å². The lowest BCUT2D eigenvalue weighted by atomic mass is 9.99. The average Bonchev–Trinajstić information content (AvgIpc) is 2.67. The molecule has 0 aromatic heterocycles. The van der Waals surface area contributed by atoms with Gasteiger partial charge in [-0.2, -0.15) is 0 Å². The second kappa shape index (κ2) is 8.22. The topological polar surface area (TPSA) is 86.7 Å². The van der Waals surface area contributed by atoms with Gasteiger partial charge in [-0.15, -0.1) is 0 Å². The van der Waals surface area contributed by atoms with Gasteiger partial charge < -0.3 is 10.0 Å². The minimum atomic E-state index is -3.83. The van der Waals surface area contributed by atoms with E-state index >= 15 is 0 Å². The van der Waals surface area contributed by atoms with Gasteiger partial charge in [-0.05, 0) is 61.1 Å². The molecule has 0 spiro atoms. The number of carbonyl (C=O) groups is 1. The fourth-order valence-corrected chi connectivity index (χ4v) is 4.61. The average molecular weight is 403 g/mol. The van der Waals surface area contributed by atoms with Crippen LogP contribution in [-0.4, -0.2) is 32.6 Å². The van der Waals surface area contributed by atoms with Crippen LogP contribution in [0.2, 0.25) is 0 Å². The maximum atomic E-state index is 12.9. The van der Waals surface area contributed by atoms with Crippen LogP contribution >= 0.6 is 0 Å². The Hall–Kier alpha value is -2.54. The molecule has 6 nitrogen and oxygen atoms in total. The number of hydrogen-bond acceptors (Lipinski definition) is 4. The molecule has 0 unspecified atom stereocenters. The van der Waals surface area contributed by atoms with E-state index in [0.717, 1.165) is 37.9 Å². The lowest BCUT2D eigenvalue weighted by molar-refractivity contribution is 0.0697. The van der Waals surface area contributed by atoms with Gasteiger partial charge in [0.15, 0.2) is 0 Å². The zero-order valence-corrected chi connectivity index (χ0v) is 17.0. The van der Waals surface area contributed by atoms with E-state index in [-0.39, 0.29) is 10.5 Å². The Morgan fingerprint density at radius 2 is 1.93 bits per heavy atom. The molecule has 1 saturated heterocycles. The molecule has 1 aliphatic heterocycles. The van der Waals surface area contributed by atoms with Gasteiger partial charge >= 0.3 is 5.97 Å². The summed E-state index contributed by atoms with van der Waals surface area (Å²) < 4.78 is 28.4. The van der Waals surface area contributed by atoms with Gasteiger partial charge in [-0.1, -0.05) is 26.0 Å². The van der Waals surface area contributed by atoms with Crippen LogP contribution in [0.25, 0.3) is 0 Å². The van der Waals surface area contributed by atoms with Crippen molar-refractivity contribution in [2.24, 2.45) is 5.92 Å². The number of carboxylic acid groups (broad SMARTS) is 1. The first-order chi connectivity index (χ1) is 13.3. The molecule has 1 heterocycles. The van der Waals surface area contributed by atoms with Gasteiger partial charge in [0.1, 0.15) is 0 Å². The van der Waals surface area contributed by atoms with Crippen molar-refractivity contribution in [2.75, 3.05) is 22.7 Å². The predicted molar refractivity (Wildman–Crippen MR) is 111 cm³/mol. The molecule has 0 amide bonds. The number of hydrogen-bond donors (Lipinski definition) is 2. The minimum Gasteiger partial charge on any atom is -0.478 e. The minimum absolute atomic E-state index is 0.0489. The molecule has 2 N–H and O–H groups in total. The second-order valence-electron chi connectivity index (χ2n) is 7.33. The molecule has 150 valence electrons. The maximum absolute atomic E-state index is 12.9. The molecule has 2 aromatic rings. The van der Waals surface area contributed by atoms with Crippen molar-refractivity contribution in [3.05, 3.63) is 53.6 Å². The van der Waals surface area contributed by atoms with E-state index in [1.54, 1.807) is 30.3 Å². The largest absolute Gasteiger partial charge is 0.478 e. The molecule has 1 aliphatic rings. The van der Waals surface area contributed by atoms with Crippen molar-refractivity contribution in [3.8, 4) is 0 Å². The van der Waals surface area contributed by atoms with Crippen molar-refractivity contribution >= 4 is 27.4 Å². The Kier molecular flexibility index (Phi) is 5.93. The highest BCUT2D eigenvalue weighted by molar-refractivity contribution is 7.92. The Bertz CT molecular complexity index is 955. The third kappa shape index (κ3) is 4.47. The summed E-state index contributed by atoms with van der Waals surface area (Å²) in [6.07, 6.45) is 2.98. The summed E-state index contributed by atoms with van der Waals surface area (Å²) in [4.78, 5) is 13.7. The Morgan fingerprint density at radius 1 is 1.21 bits per heavy atom. The number of carboxylic acids is 1. The number of rotatable bonds is 6. The van der Waals surface area contributed by atoms with Gasteiger partial charge in [0.25, 0.3) is 10.0 Å². The van der Waals surface area contributed by atoms with Gasteiger partial charge in [-0.3, -0.25) is 4.72 Å². The molecule has 1 atom stereocenters. The molecule has 0 aliphatic carbocycles. The van der Waals surface area contributed by atoms with E-state index in [1.165, 1.54) is 12.1 Å². The molecular formula is C21H26N2O4S. The second-order valence-corrected chi connectivity index (χ2v) is 9.02. The summed E-state index contributed by atoms with van der Waals surface area (Å²) in [6.45, 7) is 5.80. The molecule has 3 rings (SSSR count). The zero-order valence-electron chi connectivity index (χ0n) is 16.2. The fourth-order valence-electron chi connectivity index (χ4n) is 3.54. The van der Waals surface area contributed by atoms with Crippen LogP contribution in [-0.2, 0) is 16.4 Å². The lowest BCUT2D eigenvalue weighted by Crippen LogP contribution is -2.35. The van der Waals surface area contributed by atoms with Gasteiger partial charge in [0, 0.05) is 13.1 Å². The number of benzene rings is 2. The summed E-state index contributed by atoms with van der Waals surface area (Å²) in [5.41, 5.74) is 2.11. The Morgan fingerprint density at radius 3 is 2.54 bits per heavy atom. The van der Waals surface area contributed by atoms with Crippen molar-refractivity contribution < 1.29 is 18.3 Å². The third-order valence-electron chi connectivity index (χ3n) is 5.13. The van der Waals surface area contributed by atoms with E-state index in [0.29, 0.717) is 17.3 Å². The highest BCUT2D eigenvalue weighted by atomic mass is 32.2. The predicted octanol–water partition coefficient (Wildman–Crippen LogP) is 3.98. The van der Waals surface area contributed by atoms with Crippen LogP contribution in [0.3, 0.4) is 0 Å². The maximum Gasteiger partial charge on any atom is 0.335 e. The Labute approximate surface area is 166 Å². The summed E-state index contributed by atoms with van der Waals surface area (Å²) in [6, 6.07) is 11.3. The first kappa shape index (κ1) is 20.2. The van der Waals surface area contributed by atoms with Crippen LogP contribution in [0.15, 0.2) is 47.4 Å². The van der Waals surface area contributed by atoms with Crippen molar-refractivity contribution in [3.63, 3.8) is 0 Å². The zero-order chi connectivity index (χ0) is 20.3. The van der Waals surface area contributed by atoms with E-state index in [1.807, 2.05) is 6.92 Å². The summed E-state index contributed by atoms with van der Waals surface area (Å²) in [7, 11) is -3.83. The van der Waals surface area contributed by atoms with Gasteiger partial charge in [0.2, 0.25) is 0 Å². The van der Waals surface area contributed by atoms with Crippen molar-refractivity contribution in [2.45, 2.75) is 38.0 Å². The van der Waals surface area contributed by atoms with Gasteiger partial charge in [-0.25, -0.2) is 13.2 Å². The molecular weight excluding hydrogens is 376 g/mol. The SMILES string of the molecule is CCc1ccc(S(=O)(=O)Nc2cc(C(=O)O)ccc2N2CCC[C@@H](C)C2)cc1. The molecule has 2 aromatic carbocycles. The standard InChI is InChI=1S/C21H26N2O4S/c1-3-16-6-9-18(10-7-16)28(26,27)22-19-13-17(21(24)25)8-11-20(19)23-12-4-5-15(2)14-23/h6-11,13,15,22H,3-5,12,14H2,1-2H3,(H,24,25)/t15-/m1/s1. The summed E-state index contributed by atoms with van der Waals surface area (Å²) >= 11 is 0. The van der Waals surface area contributed by atoms with Crippen molar-refractivity contribution in [1.29, 1.82) is 0 Å². The molecule has 7 heteroatoms. The first-order valence-corrected chi connectivity index (χ1v) is 11.0. The highest BCUT2D eigenvalue weighted by Crippen LogP contribution is 2.32. The molecule has 0 radical (unpaired) electrons. The van der Waals surface area contributed by atoms with Crippen LogP contribution < -0.4 is 9.62 Å². The number of anilines is 2. The summed E-state index contributed by atoms with van der Waals surface area (Å²) in [5.74, 6) is -0.592. The van der Waals surface area contributed by atoms with E-state index in [4.69, 9.17) is 0 Å². The number of nitrogens with zero attached hydrogens (tertiary/aromatic N) is 1. The molecule has 28 heavy (non-hydrogen) atoms. The summed E-state index contributed by atoms with van der Waals surface area (Å²) in [5, 5.41) is 9.33. The molecule has 0 bridgehead atoms. The van der Waals surface area contributed by atoms with Crippen LogP contribution in [0.4, 0.5) is 11.4 Å². The van der Waals surface area contributed by atoms with E-state index < -0.39 is 16.0 Å². The number of nitrogens with one attached hydrogen (secondary N) is 1. The molecule has 1 fully saturated rings. The number of aromatic carboxylic acids is 1. The monoisotopic (exact) mass is 402 g/mol. The van der Waals surface area contributed by atoms with Crippen LogP contribution in [0.1, 0.15) is 42.6 Å². The quantitative estimate of drug-likeness (QED) is 0.763. The number of piperidine rings is 1. The van der Waals surface area contributed by atoms with E-state index in [9.17, 15) is 18.3 Å². The van der Waals surface area contributed by atoms with E-state index in [2.05, 4.69) is 16.5 Å². The normalized spacial score (nSPS) is 17.4. The van der Waals surface area contributed by atoms with Gasteiger partial charge in [0.05, 0.1) is 21.8 Å². The molecule has 0 saturated carbocycles. The first-order valence-electron chi connectivity index (χ1n) is 9.54.